The van der Waals surface area contributed by atoms with Gasteiger partial charge in [0.25, 0.3) is 0 Å². The van der Waals surface area contributed by atoms with Gasteiger partial charge in [-0.15, -0.1) is 0 Å². The third-order valence-electron chi connectivity index (χ3n) is 7.65. The molecule has 2 amide bonds. The Morgan fingerprint density at radius 3 is 2.14 bits per heavy atom. The zero-order valence-corrected chi connectivity index (χ0v) is 20.4. The van der Waals surface area contributed by atoms with Gasteiger partial charge in [-0.25, -0.2) is 4.79 Å². The zero-order chi connectivity index (χ0) is 25.0. The van der Waals surface area contributed by atoms with E-state index in [4.69, 9.17) is 4.74 Å². The zero-order valence-electron chi connectivity index (χ0n) is 20.4. The molecule has 2 aromatic carbocycles. The van der Waals surface area contributed by atoms with Crippen LogP contribution in [0.4, 0.5) is 4.79 Å². The Hall–Kier alpha value is -3.35. The van der Waals surface area contributed by atoms with Crippen LogP contribution in [0.3, 0.4) is 0 Å². The van der Waals surface area contributed by atoms with Crippen molar-refractivity contribution in [3.63, 3.8) is 0 Å². The molecule has 0 spiro atoms. The van der Waals surface area contributed by atoms with Gasteiger partial charge in [0.15, 0.2) is 0 Å². The summed E-state index contributed by atoms with van der Waals surface area (Å²) in [5.74, 6) is -0.828. The molecule has 1 saturated carbocycles. The second kappa shape index (κ2) is 10.5. The first kappa shape index (κ1) is 24.8. The summed E-state index contributed by atoms with van der Waals surface area (Å²) in [6.45, 7) is 4.15. The van der Waals surface area contributed by atoms with Crippen LogP contribution in [0.5, 0.6) is 0 Å². The number of ether oxygens (including phenoxy) is 1. The molecule has 2 aromatic rings. The molecule has 0 unspecified atom stereocenters. The minimum Gasteiger partial charge on any atom is -0.481 e. The van der Waals surface area contributed by atoms with Crippen molar-refractivity contribution in [2.45, 2.75) is 57.9 Å². The van der Waals surface area contributed by atoms with Gasteiger partial charge in [-0.05, 0) is 60.3 Å². The van der Waals surface area contributed by atoms with Crippen LogP contribution in [0.15, 0.2) is 48.5 Å². The first-order chi connectivity index (χ1) is 16.8. The van der Waals surface area contributed by atoms with Crippen molar-refractivity contribution in [1.82, 2.24) is 10.6 Å². The number of alkyl carbamates (subject to hydrolysis) is 1. The summed E-state index contributed by atoms with van der Waals surface area (Å²) in [7, 11) is 0. The molecule has 0 heterocycles. The lowest BCUT2D eigenvalue weighted by Gasteiger charge is -2.36. The maximum absolute atomic E-state index is 12.8. The molecule has 0 radical (unpaired) electrons. The van der Waals surface area contributed by atoms with Crippen molar-refractivity contribution in [3.8, 4) is 11.1 Å². The number of nitrogens with one attached hydrogen (secondary N) is 2. The molecule has 7 heteroatoms. The molecular weight excluding hydrogens is 444 g/mol. The number of fused-ring (bicyclic) bond motifs is 3. The fraction of sp³-hybridized carbons (Fsp3) is 0.464. The van der Waals surface area contributed by atoms with Gasteiger partial charge in [0.1, 0.15) is 12.6 Å². The molecule has 1 atom stereocenters. The minimum atomic E-state index is -0.940. The summed E-state index contributed by atoms with van der Waals surface area (Å²) in [6.07, 6.45) is 2.45. The molecule has 0 aliphatic heterocycles. The van der Waals surface area contributed by atoms with E-state index in [0.717, 1.165) is 35.1 Å². The van der Waals surface area contributed by atoms with E-state index in [0.29, 0.717) is 25.2 Å². The van der Waals surface area contributed by atoms with Crippen LogP contribution in [-0.2, 0) is 14.3 Å². The number of rotatable bonds is 8. The molecule has 0 saturated heterocycles. The number of hydrogen-bond donors (Lipinski definition) is 3. The Bertz CT molecular complexity index is 1040. The molecule has 35 heavy (non-hydrogen) atoms. The van der Waals surface area contributed by atoms with Crippen LogP contribution in [-0.4, -0.2) is 42.3 Å². The molecule has 1 fully saturated rings. The van der Waals surface area contributed by atoms with E-state index in [1.165, 1.54) is 0 Å². The Kier molecular flexibility index (Phi) is 7.43. The number of carbonyl (C=O) groups is 3. The van der Waals surface area contributed by atoms with Gasteiger partial charge in [0, 0.05) is 12.5 Å². The van der Waals surface area contributed by atoms with E-state index in [1.54, 1.807) is 6.92 Å². The fourth-order valence-corrected chi connectivity index (χ4v) is 5.30. The molecule has 0 aromatic heterocycles. The maximum atomic E-state index is 12.8. The molecule has 2 aliphatic carbocycles. The molecule has 2 aliphatic rings. The summed E-state index contributed by atoms with van der Waals surface area (Å²) in [5.41, 5.74) is 3.59. The molecule has 4 rings (SSSR count). The molecule has 3 N–H and O–H groups in total. The Balaban J connectivity index is 1.33. The molecule has 7 nitrogen and oxygen atoms in total. The van der Waals surface area contributed by atoms with Crippen LogP contribution in [0.1, 0.15) is 63.0 Å². The monoisotopic (exact) mass is 478 g/mol. The smallest absolute Gasteiger partial charge is 0.407 e. The van der Waals surface area contributed by atoms with Gasteiger partial charge < -0.3 is 20.5 Å². The molecule has 186 valence electrons. The average molecular weight is 479 g/mol. The second-order valence-electron chi connectivity index (χ2n) is 9.92. The lowest BCUT2D eigenvalue weighted by molar-refractivity contribution is -0.151. The maximum Gasteiger partial charge on any atom is 0.407 e. The van der Waals surface area contributed by atoms with Gasteiger partial charge in [-0.1, -0.05) is 62.4 Å². The number of carboxylic acids is 1. The van der Waals surface area contributed by atoms with E-state index in [1.807, 2.05) is 36.4 Å². The van der Waals surface area contributed by atoms with Crippen LogP contribution >= 0.6 is 0 Å². The van der Waals surface area contributed by atoms with E-state index in [2.05, 4.69) is 29.7 Å². The van der Waals surface area contributed by atoms with Crippen LogP contribution in [0.25, 0.3) is 11.1 Å². The van der Waals surface area contributed by atoms with Crippen molar-refractivity contribution in [2.24, 2.45) is 11.3 Å². The average Bonchev–Trinajstić information content (AvgIpc) is 3.19. The first-order valence-electron chi connectivity index (χ1n) is 12.5. The topological polar surface area (TPSA) is 105 Å². The van der Waals surface area contributed by atoms with Gasteiger partial charge in [-0.2, -0.15) is 0 Å². The second-order valence-corrected chi connectivity index (χ2v) is 9.92. The Labute approximate surface area is 206 Å². The summed E-state index contributed by atoms with van der Waals surface area (Å²) in [6, 6.07) is 15.4. The van der Waals surface area contributed by atoms with Gasteiger partial charge in [0.05, 0.1) is 5.41 Å². The van der Waals surface area contributed by atoms with E-state index < -0.39 is 23.5 Å². The number of carboxylic acid groups (broad SMARTS) is 1. The fourth-order valence-electron chi connectivity index (χ4n) is 5.30. The number of hydrogen-bond acceptors (Lipinski definition) is 4. The SMILES string of the molecule is CC[C@H](NC(=O)OCC1c2ccccc2-c2ccccc21)C(=O)NCC1(C(=O)O)CCC(C)CC1. The third kappa shape index (κ3) is 5.19. The van der Waals surface area contributed by atoms with Gasteiger partial charge in [-0.3, -0.25) is 9.59 Å². The summed E-state index contributed by atoms with van der Waals surface area (Å²) in [5, 5.41) is 15.2. The largest absolute Gasteiger partial charge is 0.481 e. The van der Waals surface area contributed by atoms with E-state index in [-0.39, 0.29) is 25.0 Å². The van der Waals surface area contributed by atoms with Crippen molar-refractivity contribution < 1.29 is 24.2 Å². The van der Waals surface area contributed by atoms with E-state index in [9.17, 15) is 19.5 Å². The van der Waals surface area contributed by atoms with Crippen molar-refractivity contribution >= 4 is 18.0 Å². The van der Waals surface area contributed by atoms with Gasteiger partial charge in [0.2, 0.25) is 5.91 Å². The van der Waals surface area contributed by atoms with Crippen molar-refractivity contribution in [2.75, 3.05) is 13.2 Å². The first-order valence-corrected chi connectivity index (χ1v) is 12.5. The van der Waals surface area contributed by atoms with Crippen molar-refractivity contribution in [1.29, 1.82) is 0 Å². The van der Waals surface area contributed by atoms with Gasteiger partial charge >= 0.3 is 12.1 Å². The van der Waals surface area contributed by atoms with E-state index >= 15 is 0 Å². The standard InChI is InChI=1S/C28H34N2O5/c1-3-24(25(31)29-17-28(26(32)33)14-12-18(2)13-15-28)30-27(34)35-16-23-21-10-6-4-8-19(21)20-9-5-7-11-22(20)23/h4-11,18,23-24H,3,12-17H2,1-2H3,(H,29,31)(H,30,34)(H,32,33)/t18?,24-,28?/m0/s1. The lowest BCUT2D eigenvalue weighted by Crippen LogP contribution is -2.51. The highest BCUT2D eigenvalue weighted by atomic mass is 16.5. The van der Waals surface area contributed by atoms with Crippen LogP contribution in [0.2, 0.25) is 0 Å². The number of aliphatic carboxylic acids is 1. The summed E-state index contributed by atoms with van der Waals surface area (Å²) >= 11 is 0. The quantitative estimate of drug-likeness (QED) is 0.510. The normalized spacial score (nSPS) is 21.9. The number of amides is 2. The summed E-state index contributed by atoms with van der Waals surface area (Å²) < 4.78 is 5.56. The summed E-state index contributed by atoms with van der Waals surface area (Å²) in [4.78, 5) is 37.4. The molecule has 0 bridgehead atoms. The highest BCUT2D eigenvalue weighted by Gasteiger charge is 2.41. The highest BCUT2D eigenvalue weighted by Crippen LogP contribution is 2.44. The number of benzene rings is 2. The minimum absolute atomic E-state index is 0.0637. The lowest BCUT2D eigenvalue weighted by atomic mass is 9.71. The highest BCUT2D eigenvalue weighted by molar-refractivity contribution is 5.86. The third-order valence-corrected chi connectivity index (χ3v) is 7.65. The Morgan fingerprint density at radius 1 is 1.03 bits per heavy atom. The molecular formula is C28H34N2O5. The predicted molar refractivity (Wildman–Crippen MR) is 133 cm³/mol. The van der Waals surface area contributed by atoms with Crippen LogP contribution < -0.4 is 10.6 Å². The predicted octanol–water partition coefficient (Wildman–Crippen LogP) is 4.70. The van der Waals surface area contributed by atoms with Crippen molar-refractivity contribution in [3.05, 3.63) is 59.7 Å². The van der Waals surface area contributed by atoms with Crippen LogP contribution in [0, 0.1) is 11.3 Å². The Morgan fingerprint density at radius 2 is 1.60 bits per heavy atom. The number of carbonyl (C=O) groups excluding carboxylic acids is 2.